The normalized spacial score (nSPS) is 18.4. The zero-order valence-electron chi connectivity index (χ0n) is 12.1. The van der Waals surface area contributed by atoms with Gasteiger partial charge in [0.25, 0.3) is 0 Å². The largest absolute Gasteiger partial charge is 0.379 e. The number of aromatic nitrogens is 1. The van der Waals surface area contributed by atoms with Gasteiger partial charge in [-0.25, -0.2) is 0 Å². The van der Waals surface area contributed by atoms with E-state index in [-0.39, 0.29) is 0 Å². The van der Waals surface area contributed by atoms with Crippen LogP contribution in [0.25, 0.3) is 0 Å². The number of morpholine rings is 1. The van der Waals surface area contributed by atoms with Gasteiger partial charge in [0.15, 0.2) is 0 Å². The molecular weight excluding hydrogens is 238 g/mol. The molecule has 0 aliphatic carbocycles. The van der Waals surface area contributed by atoms with Crippen LogP contribution in [0.3, 0.4) is 0 Å². The standard InChI is InChI=1S/C15H25N3O/c1-13-3-4-15(17-11-13)12-16-14(2)5-6-18-7-9-19-10-8-18/h3-4,11,14,16H,5-10,12H2,1-2H3/t14-/m1/s1. The monoisotopic (exact) mass is 263 g/mol. The SMILES string of the molecule is Cc1ccc(CN[C@H](C)CCN2CCOCC2)nc1. The number of ether oxygens (including phenoxy) is 1. The molecule has 0 radical (unpaired) electrons. The summed E-state index contributed by atoms with van der Waals surface area (Å²) < 4.78 is 5.36. The van der Waals surface area contributed by atoms with Gasteiger partial charge in [-0.2, -0.15) is 0 Å². The molecule has 0 bridgehead atoms. The number of hydrogen-bond acceptors (Lipinski definition) is 4. The number of nitrogens with one attached hydrogen (secondary N) is 1. The minimum Gasteiger partial charge on any atom is -0.379 e. The van der Waals surface area contributed by atoms with Crippen molar-refractivity contribution in [3.05, 3.63) is 29.6 Å². The van der Waals surface area contributed by atoms with E-state index in [1.165, 1.54) is 12.0 Å². The molecule has 1 aliphatic heterocycles. The summed E-state index contributed by atoms with van der Waals surface area (Å²) in [7, 11) is 0. The van der Waals surface area contributed by atoms with E-state index in [0.29, 0.717) is 6.04 Å². The molecule has 4 heteroatoms. The molecule has 2 heterocycles. The van der Waals surface area contributed by atoms with E-state index in [2.05, 4.69) is 41.2 Å². The fourth-order valence-electron chi connectivity index (χ4n) is 2.18. The van der Waals surface area contributed by atoms with Crippen LogP contribution in [0.5, 0.6) is 0 Å². The number of pyridine rings is 1. The molecule has 1 aromatic rings. The summed E-state index contributed by atoms with van der Waals surface area (Å²) in [6.45, 7) is 10.2. The lowest BCUT2D eigenvalue weighted by molar-refractivity contribution is 0.0363. The minimum atomic E-state index is 0.519. The Kier molecular flexibility index (Phi) is 5.76. The first-order valence-electron chi connectivity index (χ1n) is 7.19. The van der Waals surface area contributed by atoms with Gasteiger partial charge in [-0.15, -0.1) is 0 Å². The van der Waals surface area contributed by atoms with Crippen LogP contribution < -0.4 is 5.32 Å². The highest BCUT2D eigenvalue weighted by molar-refractivity contribution is 5.11. The second-order valence-corrected chi connectivity index (χ2v) is 5.35. The van der Waals surface area contributed by atoms with Crippen LogP contribution in [0.2, 0.25) is 0 Å². The number of aryl methyl sites for hydroxylation is 1. The highest BCUT2D eigenvalue weighted by atomic mass is 16.5. The van der Waals surface area contributed by atoms with Crippen molar-refractivity contribution >= 4 is 0 Å². The number of hydrogen-bond donors (Lipinski definition) is 1. The van der Waals surface area contributed by atoms with Gasteiger partial charge < -0.3 is 10.1 Å². The highest BCUT2D eigenvalue weighted by Crippen LogP contribution is 2.02. The van der Waals surface area contributed by atoms with Crippen LogP contribution in [0.4, 0.5) is 0 Å². The average Bonchev–Trinajstić information content (AvgIpc) is 2.45. The van der Waals surface area contributed by atoms with E-state index in [9.17, 15) is 0 Å². The zero-order valence-corrected chi connectivity index (χ0v) is 12.1. The van der Waals surface area contributed by atoms with E-state index in [1.54, 1.807) is 0 Å². The summed E-state index contributed by atoms with van der Waals surface area (Å²) in [5.41, 5.74) is 2.33. The van der Waals surface area contributed by atoms with E-state index in [4.69, 9.17) is 4.74 Å². The molecule has 1 aromatic heterocycles. The fourth-order valence-corrected chi connectivity index (χ4v) is 2.18. The molecule has 2 rings (SSSR count). The molecule has 1 atom stereocenters. The first-order chi connectivity index (χ1) is 9.24. The van der Waals surface area contributed by atoms with Gasteiger partial charge in [-0.3, -0.25) is 9.88 Å². The highest BCUT2D eigenvalue weighted by Gasteiger charge is 2.11. The summed E-state index contributed by atoms with van der Waals surface area (Å²) in [6, 6.07) is 4.73. The summed E-state index contributed by atoms with van der Waals surface area (Å²) in [4.78, 5) is 6.89. The molecule has 1 fully saturated rings. The molecule has 0 aromatic carbocycles. The van der Waals surface area contributed by atoms with Crippen LogP contribution >= 0.6 is 0 Å². The molecule has 0 saturated carbocycles. The van der Waals surface area contributed by atoms with Crippen molar-refractivity contribution in [2.45, 2.75) is 32.9 Å². The lowest BCUT2D eigenvalue weighted by Gasteiger charge is -2.27. The quantitative estimate of drug-likeness (QED) is 0.846. The Hall–Kier alpha value is -0.970. The van der Waals surface area contributed by atoms with Crippen molar-refractivity contribution in [3.63, 3.8) is 0 Å². The molecular formula is C15H25N3O. The summed E-state index contributed by atoms with van der Waals surface area (Å²) in [5, 5.41) is 3.54. The van der Waals surface area contributed by atoms with Crippen LogP contribution in [0, 0.1) is 6.92 Å². The Balaban J connectivity index is 1.63. The lowest BCUT2D eigenvalue weighted by atomic mass is 10.2. The predicted octanol–water partition coefficient (Wildman–Crippen LogP) is 1.59. The molecule has 0 unspecified atom stereocenters. The van der Waals surface area contributed by atoms with Gasteiger partial charge in [0.2, 0.25) is 0 Å². The van der Waals surface area contributed by atoms with Crippen molar-refractivity contribution in [1.82, 2.24) is 15.2 Å². The molecule has 1 N–H and O–H groups in total. The van der Waals surface area contributed by atoms with Gasteiger partial charge in [0.1, 0.15) is 0 Å². The van der Waals surface area contributed by atoms with E-state index in [1.807, 2.05) is 6.20 Å². The Bertz CT molecular complexity index is 360. The molecule has 4 nitrogen and oxygen atoms in total. The Labute approximate surface area is 116 Å². The summed E-state index contributed by atoms with van der Waals surface area (Å²) >= 11 is 0. The second kappa shape index (κ2) is 7.58. The molecule has 106 valence electrons. The van der Waals surface area contributed by atoms with Gasteiger partial charge in [-0.05, 0) is 38.4 Å². The summed E-state index contributed by atoms with van der Waals surface area (Å²) in [5.74, 6) is 0. The average molecular weight is 263 g/mol. The van der Waals surface area contributed by atoms with Crippen molar-refractivity contribution < 1.29 is 4.74 Å². The first kappa shape index (κ1) is 14.4. The molecule has 0 spiro atoms. The molecule has 0 amide bonds. The maximum atomic E-state index is 5.36. The van der Waals surface area contributed by atoms with Crippen molar-refractivity contribution in [2.24, 2.45) is 0 Å². The third kappa shape index (κ3) is 5.27. The molecule has 1 aliphatic rings. The predicted molar refractivity (Wildman–Crippen MR) is 77.2 cm³/mol. The van der Waals surface area contributed by atoms with E-state index < -0.39 is 0 Å². The Morgan fingerprint density at radius 1 is 1.37 bits per heavy atom. The van der Waals surface area contributed by atoms with Crippen LogP contribution in [0.15, 0.2) is 18.3 Å². The van der Waals surface area contributed by atoms with Crippen LogP contribution in [0.1, 0.15) is 24.6 Å². The van der Waals surface area contributed by atoms with Crippen molar-refractivity contribution in [1.29, 1.82) is 0 Å². The summed E-state index contributed by atoms with van der Waals surface area (Å²) in [6.07, 6.45) is 3.10. The minimum absolute atomic E-state index is 0.519. The first-order valence-corrected chi connectivity index (χ1v) is 7.19. The van der Waals surface area contributed by atoms with Crippen molar-refractivity contribution in [2.75, 3.05) is 32.8 Å². The Morgan fingerprint density at radius 3 is 2.84 bits per heavy atom. The van der Waals surface area contributed by atoms with Gasteiger partial charge in [0.05, 0.1) is 18.9 Å². The van der Waals surface area contributed by atoms with E-state index in [0.717, 1.165) is 45.1 Å². The number of rotatable bonds is 6. The number of nitrogens with zero attached hydrogens (tertiary/aromatic N) is 2. The Morgan fingerprint density at radius 2 is 2.16 bits per heavy atom. The molecule has 19 heavy (non-hydrogen) atoms. The molecule has 1 saturated heterocycles. The van der Waals surface area contributed by atoms with Crippen molar-refractivity contribution in [3.8, 4) is 0 Å². The topological polar surface area (TPSA) is 37.4 Å². The van der Waals surface area contributed by atoms with Gasteiger partial charge >= 0.3 is 0 Å². The fraction of sp³-hybridized carbons (Fsp3) is 0.667. The smallest absolute Gasteiger partial charge is 0.0594 e. The zero-order chi connectivity index (χ0) is 13.5. The van der Waals surface area contributed by atoms with Crippen LogP contribution in [-0.2, 0) is 11.3 Å². The van der Waals surface area contributed by atoms with Crippen LogP contribution in [-0.4, -0.2) is 48.8 Å². The third-order valence-corrected chi connectivity index (χ3v) is 3.59. The maximum Gasteiger partial charge on any atom is 0.0594 e. The van der Waals surface area contributed by atoms with E-state index >= 15 is 0 Å². The van der Waals surface area contributed by atoms with Gasteiger partial charge in [-0.1, -0.05) is 6.07 Å². The lowest BCUT2D eigenvalue weighted by Crippen LogP contribution is -2.39. The third-order valence-electron chi connectivity index (χ3n) is 3.59. The second-order valence-electron chi connectivity index (χ2n) is 5.35. The maximum absolute atomic E-state index is 5.36. The van der Waals surface area contributed by atoms with Gasteiger partial charge in [0, 0.05) is 31.9 Å².